The van der Waals surface area contributed by atoms with Crippen molar-refractivity contribution in [2.45, 2.75) is 13.1 Å². The Morgan fingerprint density at radius 1 is 1.12 bits per heavy atom. The fourth-order valence-corrected chi connectivity index (χ4v) is 2.77. The van der Waals surface area contributed by atoms with Crippen LogP contribution in [0.2, 0.25) is 0 Å². The van der Waals surface area contributed by atoms with Crippen molar-refractivity contribution in [1.29, 1.82) is 0 Å². The Kier molecular flexibility index (Phi) is 4.34. The molecule has 0 bridgehead atoms. The molecule has 2 aromatic rings. The zero-order chi connectivity index (χ0) is 18.2. The standard InChI is InChI=1S/C18H13F3N2OS/c1-11-3-2-4-14(9-11)23-16(24)15(22-17(23)25)10-12-5-7-13(8-6-12)18(19,20)21/h2-10H,1H3,(H,22,25)/b15-10+. The average Bonchev–Trinajstić information content (AvgIpc) is 2.81. The molecule has 25 heavy (non-hydrogen) atoms. The second kappa shape index (κ2) is 6.33. The third-order valence-electron chi connectivity index (χ3n) is 3.69. The lowest BCUT2D eigenvalue weighted by Gasteiger charge is -2.14. The Morgan fingerprint density at radius 2 is 1.80 bits per heavy atom. The van der Waals surface area contributed by atoms with Crippen molar-refractivity contribution in [1.82, 2.24) is 5.32 Å². The van der Waals surface area contributed by atoms with Gasteiger partial charge in [-0.25, -0.2) is 0 Å². The minimum absolute atomic E-state index is 0.214. The number of alkyl halides is 3. The van der Waals surface area contributed by atoms with Gasteiger partial charge in [-0.3, -0.25) is 9.69 Å². The lowest BCUT2D eigenvalue weighted by Crippen LogP contribution is -2.30. The Labute approximate surface area is 147 Å². The number of rotatable bonds is 2. The van der Waals surface area contributed by atoms with Gasteiger partial charge in [-0.15, -0.1) is 0 Å². The summed E-state index contributed by atoms with van der Waals surface area (Å²) in [7, 11) is 0. The number of carbonyl (C=O) groups excluding carboxylic acids is 1. The number of nitrogens with one attached hydrogen (secondary N) is 1. The van der Waals surface area contributed by atoms with Crippen LogP contribution in [0.5, 0.6) is 0 Å². The molecule has 0 unspecified atom stereocenters. The molecule has 3 rings (SSSR count). The van der Waals surface area contributed by atoms with Gasteiger partial charge < -0.3 is 5.32 Å². The molecule has 0 saturated carbocycles. The summed E-state index contributed by atoms with van der Waals surface area (Å²) in [6.07, 6.45) is -2.92. The summed E-state index contributed by atoms with van der Waals surface area (Å²) in [5, 5.41) is 3.04. The number of carbonyl (C=O) groups is 1. The van der Waals surface area contributed by atoms with Crippen LogP contribution in [-0.4, -0.2) is 11.0 Å². The number of benzene rings is 2. The first kappa shape index (κ1) is 17.2. The molecule has 1 amide bonds. The van der Waals surface area contributed by atoms with E-state index >= 15 is 0 Å². The summed E-state index contributed by atoms with van der Waals surface area (Å²) in [6, 6.07) is 11.9. The normalized spacial score (nSPS) is 16.5. The van der Waals surface area contributed by atoms with E-state index in [9.17, 15) is 18.0 Å². The first-order chi connectivity index (χ1) is 11.8. The van der Waals surface area contributed by atoms with Gasteiger partial charge >= 0.3 is 6.18 Å². The zero-order valence-electron chi connectivity index (χ0n) is 13.1. The smallest absolute Gasteiger partial charge is 0.327 e. The summed E-state index contributed by atoms with van der Waals surface area (Å²) in [5.74, 6) is -0.351. The molecule has 0 spiro atoms. The molecule has 1 saturated heterocycles. The maximum atomic E-state index is 12.6. The molecule has 1 heterocycles. The van der Waals surface area contributed by atoms with E-state index in [0.29, 0.717) is 11.3 Å². The monoisotopic (exact) mass is 362 g/mol. The van der Waals surface area contributed by atoms with Crippen LogP contribution in [0.4, 0.5) is 18.9 Å². The molecule has 0 aliphatic carbocycles. The summed E-state index contributed by atoms with van der Waals surface area (Å²) in [4.78, 5) is 13.9. The third kappa shape index (κ3) is 3.56. The van der Waals surface area contributed by atoms with E-state index in [2.05, 4.69) is 5.32 Å². The number of aryl methyl sites for hydroxylation is 1. The molecule has 128 valence electrons. The molecule has 1 N–H and O–H groups in total. The van der Waals surface area contributed by atoms with Crippen LogP contribution in [0.25, 0.3) is 6.08 Å². The minimum atomic E-state index is -4.39. The first-order valence-corrected chi connectivity index (χ1v) is 7.77. The highest BCUT2D eigenvalue weighted by Gasteiger charge is 2.32. The van der Waals surface area contributed by atoms with Crippen LogP contribution in [0.15, 0.2) is 54.2 Å². The van der Waals surface area contributed by atoms with E-state index in [4.69, 9.17) is 12.2 Å². The van der Waals surface area contributed by atoms with Crippen LogP contribution in [0.3, 0.4) is 0 Å². The summed E-state index contributed by atoms with van der Waals surface area (Å²) in [6.45, 7) is 1.90. The number of hydrogen-bond donors (Lipinski definition) is 1. The van der Waals surface area contributed by atoms with Crippen LogP contribution in [0, 0.1) is 6.92 Å². The van der Waals surface area contributed by atoms with Crippen molar-refractivity contribution in [3.8, 4) is 0 Å². The third-order valence-corrected chi connectivity index (χ3v) is 3.97. The van der Waals surface area contributed by atoms with Crippen molar-refractivity contribution in [2.75, 3.05) is 4.90 Å². The highest BCUT2D eigenvalue weighted by Crippen LogP contribution is 2.29. The van der Waals surface area contributed by atoms with E-state index < -0.39 is 11.7 Å². The molecule has 3 nitrogen and oxygen atoms in total. The molecule has 1 aliphatic rings. The second-order valence-electron chi connectivity index (χ2n) is 5.59. The van der Waals surface area contributed by atoms with Crippen molar-refractivity contribution < 1.29 is 18.0 Å². The van der Waals surface area contributed by atoms with Gasteiger partial charge in [-0.05, 0) is 60.6 Å². The van der Waals surface area contributed by atoms with E-state index in [1.165, 1.54) is 23.1 Å². The fraction of sp³-hybridized carbons (Fsp3) is 0.111. The van der Waals surface area contributed by atoms with Gasteiger partial charge in [-0.1, -0.05) is 24.3 Å². The molecular weight excluding hydrogens is 349 g/mol. The summed E-state index contributed by atoms with van der Waals surface area (Å²) in [5.41, 5.74) is 1.56. The van der Waals surface area contributed by atoms with E-state index in [1.54, 1.807) is 6.07 Å². The Balaban J connectivity index is 1.88. The predicted octanol–water partition coefficient (Wildman–Crippen LogP) is 4.28. The van der Waals surface area contributed by atoms with Gasteiger partial charge in [0.2, 0.25) is 0 Å². The van der Waals surface area contributed by atoms with Gasteiger partial charge in [0.1, 0.15) is 5.70 Å². The molecule has 0 atom stereocenters. The SMILES string of the molecule is Cc1cccc(N2C(=O)/C(=C\c3ccc(C(F)(F)F)cc3)NC2=S)c1. The van der Waals surface area contributed by atoms with Crippen LogP contribution >= 0.6 is 12.2 Å². The van der Waals surface area contributed by atoms with E-state index in [0.717, 1.165) is 17.7 Å². The number of thiocarbonyl (C=S) groups is 1. The van der Waals surface area contributed by atoms with Crippen molar-refractivity contribution in [3.05, 3.63) is 70.9 Å². The summed E-state index contributed by atoms with van der Waals surface area (Å²) < 4.78 is 37.8. The highest BCUT2D eigenvalue weighted by molar-refractivity contribution is 7.80. The molecule has 0 aromatic heterocycles. The van der Waals surface area contributed by atoms with E-state index in [1.807, 2.05) is 25.1 Å². The second-order valence-corrected chi connectivity index (χ2v) is 5.97. The largest absolute Gasteiger partial charge is 0.416 e. The topological polar surface area (TPSA) is 32.3 Å². The average molecular weight is 362 g/mol. The Morgan fingerprint density at radius 3 is 2.40 bits per heavy atom. The predicted molar refractivity (Wildman–Crippen MR) is 93.8 cm³/mol. The Bertz CT molecular complexity index is 873. The number of nitrogens with zero attached hydrogens (tertiary/aromatic N) is 1. The highest BCUT2D eigenvalue weighted by atomic mass is 32.1. The van der Waals surface area contributed by atoms with Crippen LogP contribution in [0.1, 0.15) is 16.7 Å². The minimum Gasteiger partial charge on any atom is -0.327 e. The Hall–Kier alpha value is -2.67. The maximum absolute atomic E-state index is 12.6. The molecular formula is C18H13F3N2OS. The van der Waals surface area contributed by atoms with Gasteiger partial charge in [0.15, 0.2) is 5.11 Å². The van der Waals surface area contributed by atoms with Crippen LogP contribution in [-0.2, 0) is 11.0 Å². The van der Waals surface area contributed by atoms with Gasteiger partial charge in [0, 0.05) is 0 Å². The lowest BCUT2D eigenvalue weighted by atomic mass is 10.1. The van der Waals surface area contributed by atoms with Gasteiger partial charge in [0.05, 0.1) is 11.3 Å². The first-order valence-electron chi connectivity index (χ1n) is 7.37. The molecule has 7 heteroatoms. The zero-order valence-corrected chi connectivity index (χ0v) is 13.9. The number of hydrogen-bond acceptors (Lipinski definition) is 2. The molecule has 1 fully saturated rings. The number of halogens is 3. The van der Waals surface area contributed by atoms with Crippen molar-refractivity contribution in [3.63, 3.8) is 0 Å². The molecule has 1 aliphatic heterocycles. The lowest BCUT2D eigenvalue weighted by molar-refractivity contribution is -0.137. The molecule has 0 radical (unpaired) electrons. The van der Waals surface area contributed by atoms with E-state index in [-0.39, 0.29) is 16.7 Å². The quantitative estimate of drug-likeness (QED) is 0.639. The van der Waals surface area contributed by atoms with Crippen LogP contribution < -0.4 is 10.2 Å². The summed E-state index contributed by atoms with van der Waals surface area (Å²) >= 11 is 5.21. The number of anilines is 1. The molecule has 2 aromatic carbocycles. The van der Waals surface area contributed by atoms with Crippen molar-refractivity contribution >= 4 is 35.0 Å². The van der Waals surface area contributed by atoms with Gasteiger partial charge in [-0.2, -0.15) is 13.2 Å². The van der Waals surface area contributed by atoms with Gasteiger partial charge in [0.25, 0.3) is 5.91 Å². The van der Waals surface area contributed by atoms with Crippen molar-refractivity contribution in [2.24, 2.45) is 0 Å². The number of amides is 1. The fourth-order valence-electron chi connectivity index (χ4n) is 2.47. The maximum Gasteiger partial charge on any atom is 0.416 e.